The highest BCUT2D eigenvalue weighted by atomic mass is 16.4. The fourth-order valence-electron chi connectivity index (χ4n) is 4.26. The molecule has 1 aliphatic heterocycles. The molecule has 4 rings (SSSR count). The highest BCUT2D eigenvalue weighted by molar-refractivity contribution is 5.97. The van der Waals surface area contributed by atoms with Gasteiger partial charge >= 0.3 is 5.97 Å². The zero-order valence-electron chi connectivity index (χ0n) is 17.0. The second-order valence-electron chi connectivity index (χ2n) is 7.54. The Labute approximate surface area is 184 Å². The molecule has 32 heavy (non-hydrogen) atoms. The number of pyridine rings is 1. The molecule has 0 bridgehead atoms. The summed E-state index contributed by atoms with van der Waals surface area (Å²) in [5.74, 6) is -0.854. The third-order valence-electron chi connectivity index (χ3n) is 5.68. The molecule has 160 valence electrons. The molecule has 2 heterocycles. The quantitative estimate of drug-likeness (QED) is 0.609. The Balaban J connectivity index is 2.01. The number of terminal acetylenes is 1. The number of aromatic carboxylic acids is 1. The Hall–Kier alpha value is -4.31. The van der Waals surface area contributed by atoms with Gasteiger partial charge in [0.1, 0.15) is 5.56 Å². The number of carboxylic acid groups (broad SMARTS) is 1. The van der Waals surface area contributed by atoms with Crippen molar-refractivity contribution in [3.8, 4) is 18.1 Å². The molecule has 2 aromatic carbocycles. The minimum Gasteiger partial charge on any atom is -0.503 e. The van der Waals surface area contributed by atoms with Crippen LogP contribution in [0.15, 0.2) is 71.7 Å². The molecular weight excluding hydrogens is 408 g/mol. The summed E-state index contributed by atoms with van der Waals surface area (Å²) < 4.78 is 1.42. The number of carbonyl (C=O) groups excluding carboxylic acids is 1. The fraction of sp³-hybridized carbons (Fsp3) is 0.160. The SMILES string of the molecule is C#CCN1C[C@H](C(c2ccccc2)c2ccccc2)n2cc(C(=O)O)c(=O)c(O)c2C1=O. The number of aromatic hydroxyl groups is 1. The van der Waals surface area contributed by atoms with Gasteiger partial charge in [-0.15, -0.1) is 6.42 Å². The van der Waals surface area contributed by atoms with Gasteiger partial charge in [0.25, 0.3) is 5.91 Å². The summed E-state index contributed by atoms with van der Waals surface area (Å²) >= 11 is 0. The molecule has 0 unspecified atom stereocenters. The standard InChI is InChI=1S/C25H20N2O5/c1-2-13-26-15-19(20(16-9-5-3-6-10-16)17-11-7-4-8-12-17)27-14-18(25(31)32)22(28)23(29)21(27)24(26)30/h1,3-12,14,19-20,29H,13,15H2,(H,31,32)/t19-/m1/s1. The molecule has 1 aromatic heterocycles. The predicted octanol–water partition coefficient (Wildman–Crippen LogP) is 2.71. The second-order valence-corrected chi connectivity index (χ2v) is 7.54. The maximum absolute atomic E-state index is 13.1. The molecule has 0 fully saturated rings. The summed E-state index contributed by atoms with van der Waals surface area (Å²) in [5, 5.41) is 20.1. The van der Waals surface area contributed by atoms with Gasteiger partial charge in [0.05, 0.1) is 12.6 Å². The zero-order chi connectivity index (χ0) is 22.8. The molecule has 0 saturated heterocycles. The lowest BCUT2D eigenvalue weighted by Crippen LogP contribution is -2.46. The highest BCUT2D eigenvalue weighted by Crippen LogP contribution is 2.40. The number of aromatic nitrogens is 1. The average Bonchev–Trinajstić information content (AvgIpc) is 2.80. The van der Waals surface area contributed by atoms with Gasteiger partial charge in [-0.25, -0.2) is 4.79 Å². The first-order valence-corrected chi connectivity index (χ1v) is 9.98. The monoisotopic (exact) mass is 428 g/mol. The average molecular weight is 428 g/mol. The van der Waals surface area contributed by atoms with Crippen LogP contribution in [-0.4, -0.2) is 44.6 Å². The molecule has 1 amide bonds. The maximum atomic E-state index is 13.1. The van der Waals surface area contributed by atoms with Crippen molar-refractivity contribution in [2.75, 3.05) is 13.1 Å². The van der Waals surface area contributed by atoms with E-state index >= 15 is 0 Å². The second kappa shape index (κ2) is 8.44. The number of benzene rings is 2. The number of hydrogen-bond donors (Lipinski definition) is 2. The van der Waals surface area contributed by atoms with Crippen molar-refractivity contribution >= 4 is 11.9 Å². The van der Waals surface area contributed by atoms with Gasteiger partial charge in [0.15, 0.2) is 11.4 Å². The van der Waals surface area contributed by atoms with Crippen LogP contribution >= 0.6 is 0 Å². The number of carboxylic acids is 1. The first-order valence-electron chi connectivity index (χ1n) is 9.98. The minimum absolute atomic E-state index is 0.0139. The van der Waals surface area contributed by atoms with Gasteiger partial charge in [0, 0.05) is 18.7 Å². The fourth-order valence-corrected chi connectivity index (χ4v) is 4.26. The van der Waals surface area contributed by atoms with Gasteiger partial charge in [-0.05, 0) is 11.1 Å². The molecule has 0 spiro atoms. The van der Waals surface area contributed by atoms with Crippen molar-refractivity contribution in [2.45, 2.75) is 12.0 Å². The molecular formula is C25H20N2O5. The van der Waals surface area contributed by atoms with Crippen molar-refractivity contribution in [3.05, 3.63) is 99.5 Å². The summed E-state index contributed by atoms with van der Waals surface area (Å²) in [5.41, 5.74) is -0.105. The van der Waals surface area contributed by atoms with Crippen molar-refractivity contribution < 1.29 is 19.8 Å². The third kappa shape index (κ3) is 3.52. The number of nitrogens with zero attached hydrogens (tertiary/aromatic N) is 2. The van der Waals surface area contributed by atoms with Gasteiger partial charge < -0.3 is 19.7 Å². The number of fused-ring (bicyclic) bond motifs is 1. The van der Waals surface area contributed by atoms with E-state index < -0.39 is 34.7 Å². The lowest BCUT2D eigenvalue weighted by Gasteiger charge is -2.40. The van der Waals surface area contributed by atoms with E-state index in [-0.39, 0.29) is 24.7 Å². The molecule has 2 N–H and O–H groups in total. The zero-order valence-corrected chi connectivity index (χ0v) is 17.0. The number of carbonyl (C=O) groups is 2. The first-order chi connectivity index (χ1) is 15.4. The molecule has 3 aromatic rings. The summed E-state index contributed by atoms with van der Waals surface area (Å²) in [6.07, 6.45) is 6.61. The van der Waals surface area contributed by atoms with Crippen LogP contribution in [0.25, 0.3) is 0 Å². The smallest absolute Gasteiger partial charge is 0.341 e. The van der Waals surface area contributed by atoms with Crippen LogP contribution in [0.5, 0.6) is 5.75 Å². The van der Waals surface area contributed by atoms with E-state index in [0.717, 1.165) is 17.3 Å². The van der Waals surface area contributed by atoms with Crippen LogP contribution in [-0.2, 0) is 0 Å². The third-order valence-corrected chi connectivity index (χ3v) is 5.68. The molecule has 7 nitrogen and oxygen atoms in total. The Kier molecular flexibility index (Phi) is 5.52. The van der Waals surface area contributed by atoms with Crippen LogP contribution in [0.1, 0.15) is 43.9 Å². The predicted molar refractivity (Wildman–Crippen MR) is 118 cm³/mol. The molecule has 0 radical (unpaired) electrons. The van der Waals surface area contributed by atoms with Gasteiger partial charge in [-0.1, -0.05) is 66.6 Å². The minimum atomic E-state index is -1.48. The van der Waals surface area contributed by atoms with Crippen molar-refractivity contribution in [1.82, 2.24) is 9.47 Å². The van der Waals surface area contributed by atoms with Gasteiger partial charge in [-0.2, -0.15) is 0 Å². The highest BCUT2D eigenvalue weighted by Gasteiger charge is 2.39. The Morgan fingerprint density at radius 2 is 1.62 bits per heavy atom. The van der Waals surface area contributed by atoms with E-state index in [9.17, 15) is 24.6 Å². The molecule has 0 saturated carbocycles. The Bertz CT molecular complexity index is 1240. The lowest BCUT2D eigenvalue weighted by atomic mass is 9.83. The Morgan fingerprint density at radius 3 is 2.12 bits per heavy atom. The topological polar surface area (TPSA) is 99.8 Å². The lowest BCUT2D eigenvalue weighted by molar-refractivity contribution is 0.0657. The van der Waals surface area contributed by atoms with E-state index in [1.165, 1.54) is 9.47 Å². The summed E-state index contributed by atoms with van der Waals surface area (Å²) in [6.45, 7) is 0.159. The number of rotatable bonds is 5. The number of amides is 1. The van der Waals surface area contributed by atoms with E-state index in [2.05, 4.69) is 5.92 Å². The molecule has 1 atom stereocenters. The van der Waals surface area contributed by atoms with Crippen molar-refractivity contribution in [1.29, 1.82) is 0 Å². The largest absolute Gasteiger partial charge is 0.503 e. The summed E-state index contributed by atoms with van der Waals surface area (Å²) in [7, 11) is 0. The van der Waals surface area contributed by atoms with E-state index in [1.807, 2.05) is 60.7 Å². The molecule has 0 aliphatic carbocycles. The van der Waals surface area contributed by atoms with Crippen molar-refractivity contribution in [3.63, 3.8) is 0 Å². The van der Waals surface area contributed by atoms with Gasteiger partial charge in [0.2, 0.25) is 5.43 Å². The van der Waals surface area contributed by atoms with Crippen LogP contribution in [0.2, 0.25) is 0 Å². The Morgan fingerprint density at radius 1 is 1.06 bits per heavy atom. The van der Waals surface area contributed by atoms with Crippen LogP contribution in [0, 0.1) is 12.3 Å². The maximum Gasteiger partial charge on any atom is 0.341 e. The van der Waals surface area contributed by atoms with E-state index in [1.54, 1.807) is 0 Å². The van der Waals surface area contributed by atoms with E-state index in [0.29, 0.717) is 0 Å². The van der Waals surface area contributed by atoms with Crippen LogP contribution in [0.4, 0.5) is 0 Å². The van der Waals surface area contributed by atoms with Crippen LogP contribution in [0.3, 0.4) is 0 Å². The summed E-state index contributed by atoms with van der Waals surface area (Å²) in [6, 6.07) is 18.6. The normalized spacial score (nSPS) is 15.3. The van der Waals surface area contributed by atoms with Crippen molar-refractivity contribution in [2.24, 2.45) is 0 Å². The van der Waals surface area contributed by atoms with E-state index in [4.69, 9.17) is 6.42 Å². The van der Waals surface area contributed by atoms with Crippen LogP contribution < -0.4 is 5.43 Å². The molecule has 1 aliphatic rings. The summed E-state index contributed by atoms with van der Waals surface area (Å²) in [4.78, 5) is 38.6. The van der Waals surface area contributed by atoms with Gasteiger partial charge in [-0.3, -0.25) is 9.59 Å². The molecule has 7 heteroatoms. The number of hydrogen-bond acceptors (Lipinski definition) is 4. The first kappa shape index (κ1) is 20.9.